The summed E-state index contributed by atoms with van der Waals surface area (Å²) in [6.07, 6.45) is 0. The summed E-state index contributed by atoms with van der Waals surface area (Å²) in [5, 5.41) is 10.6. The molecule has 1 aliphatic rings. The van der Waals surface area contributed by atoms with Gasteiger partial charge in [0.1, 0.15) is 0 Å². The van der Waals surface area contributed by atoms with Crippen LogP contribution in [0.15, 0.2) is 21.5 Å². The molecule has 2 N–H and O–H groups in total. The van der Waals surface area contributed by atoms with E-state index >= 15 is 0 Å². The molecule has 1 heterocycles. The van der Waals surface area contributed by atoms with Crippen LogP contribution in [0.2, 0.25) is 0 Å². The predicted molar refractivity (Wildman–Crippen MR) is 70.6 cm³/mol. The average Bonchev–Trinajstić information content (AvgIpc) is 2.18. The number of carboxylic acids is 1. The Kier molecular flexibility index (Phi) is 3.14. The number of hydrogen-bond donors (Lipinski definition) is 2. The fraction of sp³-hybridized carbons (Fsp3) is 0.364. The first kappa shape index (κ1) is 13.4. The van der Waals surface area contributed by atoms with Crippen molar-refractivity contribution in [1.82, 2.24) is 0 Å². The number of nitrogens with one attached hydrogen (secondary N) is 1. The summed E-state index contributed by atoms with van der Waals surface area (Å²) in [5.74, 6) is -1.33. The topological polar surface area (TPSA) is 83.5 Å². The van der Waals surface area contributed by atoms with Gasteiger partial charge in [-0.05, 0) is 47.5 Å². The van der Waals surface area contributed by atoms with Crippen LogP contribution in [-0.2, 0) is 14.6 Å². The van der Waals surface area contributed by atoms with Gasteiger partial charge < -0.3 is 10.4 Å². The molecule has 0 aromatic heterocycles. The van der Waals surface area contributed by atoms with Crippen LogP contribution >= 0.6 is 15.9 Å². The quantitative estimate of drug-likeness (QED) is 0.818. The zero-order valence-corrected chi connectivity index (χ0v) is 12.2. The Labute approximate surface area is 113 Å². The van der Waals surface area contributed by atoms with Crippen molar-refractivity contribution in [3.05, 3.63) is 22.2 Å². The molecule has 1 aromatic rings. The molecule has 5 nitrogen and oxygen atoms in total. The van der Waals surface area contributed by atoms with E-state index in [9.17, 15) is 13.2 Å². The Bertz CT molecular complexity index is 626. The molecule has 0 radical (unpaired) electrons. The minimum absolute atomic E-state index is 0.0416. The number of anilines is 1. The molecule has 7 heteroatoms. The molecule has 2 atom stereocenters. The summed E-state index contributed by atoms with van der Waals surface area (Å²) in [4.78, 5) is 11.2. The molecule has 2 rings (SSSR count). The van der Waals surface area contributed by atoms with E-state index in [4.69, 9.17) is 5.11 Å². The third-order valence-electron chi connectivity index (χ3n) is 2.91. The van der Waals surface area contributed by atoms with E-state index in [2.05, 4.69) is 21.2 Å². The second-order valence-electron chi connectivity index (χ2n) is 4.36. The van der Waals surface area contributed by atoms with E-state index in [1.54, 1.807) is 19.9 Å². The Morgan fingerprint density at radius 1 is 1.44 bits per heavy atom. The van der Waals surface area contributed by atoms with E-state index in [-0.39, 0.29) is 4.90 Å². The first-order valence-corrected chi connectivity index (χ1v) is 7.62. The van der Waals surface area contributed by atoms with Crippen molar-refractivity contribution in [3.8, 4) is 0 Å². The molecule has 18 heavy (non-hydrogen) atoms. The van der Waals surface area contributed by atoms with Gasteiger partial charge in [-0.2, -0.15) is 0 Å². The maximum atomic E-state index is 12.3. The number of carbonyl (C=O) groups is 1. The highest BCUT2D eigenvalue weighted by Gasteiger charge is 2.44. The highest BCUT2D eigenvalue weighted by molar-refractivity contribution is 9.10. The van der Waals surface area contributed by atoms with E-state index in [1.807, 2.05) is 0 Å². The number of hydrogen-bond acceptors (Lipinski definition) is 4. The molecule has 0 fully saturated rings. The van der Waals surface area contributed by atoms with Gasteiger partial charge in [-0.15, -0.1) is 0 Å². The Balaban J connectivity index is 2.74. The molecule has 0 saturated carbocycles. The highest BCUT2D eigenvalue weighted by atomic mass is 79.9. The van der Waals surface area contributed by atoms with Gasteiger partial charge in [0.2, 0.25) is 0 Å². The zero-order chi connectivity index (χ0) is 13.7. The monoisotopic (exact) mass is 333 g/mol. The predicted octanol–water partition coefficient (Wildman–Crippen LogP) is 1.80. The number of carboxylic acid groups (broad SMARTS) is 1. The van der Waals surface area contributed by atoms with Crippen LogP contribution in [0, 0.1) is 6.92 Å². The molecule has 0 aliphatic carbocycles. The Hall–Kier alpha value is -1.08. The van der Waals surface area contributed by atoms with Gasteiger partial charge in [0.25, 0.3) is 0 Å². The number of benzene rings is 1. The van der Waals surface area contributed by atoms with Gasteiger partial charge in [-0.25, -0.2) is 8.42 Å². The van der Waals surface area contributed by atoms with Crippen molar-refractivity contribution in [2.75, 3.05) is 5.32 Å². The normalized spacial score (nSPS) is 25.1. The molecule has 0 bridgehead atoms. The van der Waals surface area contributed by atoms with Crippen LogP contribution in [0.4, 0.5) is 5.69 Å². The minimum atomic E-state index is -3.87. The third-order valence-corrected chi connectivity index (χ3v) is 5.75. The van der Waals surface area contributed by atoms with Crippen LogP contribution in [0.5, 0.6) is 0 Å². The van der Waals surface area contributed by atoms with Crippen molar-refractivity contribution in [2.24, 2.45) is 0 Å². The number of fused-ring (bicyclic) bond motifs is 1. The molecule has 1 aromatic carbocycles. The lowest BCUT2D eigenvalue weighted by Crippen LogP contribution is -2.47. The second kappa shape index (κ2) is 4.24. The van der Waals surface area contributed by atoms with Crippen molar-refractivity contribution in [1.29, 1.82) is 0 Å². The maximum absolute atomic E-state index is 12.3. The minimum Gasteiger partial charge on any atom is -0.480 e. The first-order valence-electron chi connectivity index (χ1n) is 5.28. The van der Waals surface area contributed by atoms with E-state index in [0.29, 0.717) is 10.2 Å². The van der Waals surface area contributed by atoms with Crippen molar-refractivity contribution < 1.29 is 18.3 Å². The average molecular weight is 334 g/mol. The van der Waals surface area contributed by atoms with Crippen LogP contribution in [-0.4, -0.2) is 30.8 Å². The smallest absolute Gasteiger partial charge is 0.324 e. The number of halogens is 1. The summed E-state index contributed by atoms with van der Waals surface area (Å²) >= 11 is 3.29. The Morgan fingerprint density at radius 3 is 2.61 bits per heavy atom. The molecular formula is C11H12BrNO4S. The fourth-order valence-corrected chi connectivity index (χ4v) is 4.90. The number of rotatable bonds is 1. The van der Waals surface area contributed by atoms with Gasteiger partial charge in [0.15, 0.2) is 15.1 Å². The van der Waals surface area contributed by atoms with Crippen molar-refractivity contribution in [2.45, 2.75) is 30.0 Å². The lowest BCUT2D eigenvalue weighted by atomic mass is 10.1. The van der Waals surface area contributed by atoms with Gasteiger partial charge in [-0.3, -0.25) is 4.79 Å². The number of aryl methyl sites for hydroxylation is 1. The molecular weight excluding hydrogens is 322 g/mol. The lowest BCUT2D eigenvalue weighted by Gasteiger charge is -2.30. The molecule has 98 valence electrons. The highest BCUT2D eigenvalue weighted by Crippen LogP contribution is 2.38. The Morgan fingerprint density at radius 2 is 2.06 bits per heavy atom. The van der Waals surface area contributed by atoms with Gasteiger partial charge in [-0.1, -0.05) is 0 Å². The molecule has 0 spiro atoms. The summed E-state index contributed by atoms with van der Waals surface area (Å²) in [7, 11) is -3.87. The molecule has 0 saturated heterocycles. The van der Waals surface area contributed by atoms with E-state index in [1.165, 1.54) is 6.07 Å². The largest absolute Gasteiger partial charge is 0.480 e. The van der Waals surface area contributed by atoms with Gasteiger partial charge >= 0.3 is 5.97 Å². The van der Waals surface area contributed by atoms with Crippen LogP contribution < -0.4 is 5.32 Å². The number of aliphatic carboxylic acids is 1. The van der Waals surface area contributed by atoms with Gasteiger partial charge in [0.05, 0.1) is 16.6 Å². The van der Waals surface area contributed by atoms with Crippen LogP contribution in [0.1, 0.15) is 12.5 Å². The van der Waals surface area contributed by atoms with Crippen LogP contribution in [0.3, 0.4) is 0 Å². The van der Waals surface area contributed by atoms with Crippen molar-refractivity contribution in [3.63, 3.8) is 0 Å². The fourth-order valence-electron chi connectivity index (χ4n) is 2.13. The summed E-state index contributed by atoms with van der Waals surface area (Å²) in [6, 6.07) is 2.60. The van der Waals surface area contributed by atoms with E-state index in [0.717, 1.165) is 5.56 Å². The zero-order valence-electron chi connectivity index (χ0n) is 9.77. The summed E-state index contributed by atoms with van der Waals surface area (Å²) < 4.78 is 25.3. The first-order chi connectivity index (χ1) is 8.25. The molecule has 1 aliphatic heterocycles. The number of sulfone groups is 1. The standard InChI is InChI=1S/C11H12BrNO4S/c1-5-3-7(12)9-8(4-5)18(16,17)10(11(14)15)6(2)13-9/h3-4,6,10,13H,1-2H3,(H,14,15). The third kappa shape index (κ3) is 1.91. The van der Waals surface area contributed by atoms with Crippen molar-refractivity contribution >= 4 is 37.4 Å². The van der Waals surface area contributed by atoms with E-state index < -0.39 is 27.1 Å². The van der Waals surface area contributed by atoms with Gasteiger partial charge in [0, 0.05) is 4.47 Å². The SMILES string of the molecule is Cc1cc(Br)c2c(c1)S(=O)(=O)C(C(=O)O)C(C)N2. The second-order valence-corrected chi connectivity index (χ2v) is 7.25. The molecule has 2 unspecified atom stereocenters. The maximum Gasteiger partial charge on any atom is 0.324 e. The van der Waals surface area contributed by atoms with Crippen LogP contribution in [0.25, 0.3) is 0 Å². The molecule has 0 amide bonds. The summed E-state index contributed by atoms with van der Waals surface area (Å²) in [5.41, 5.74) is 1.19. The lowest BCUT2D eigenvalue weighted by molar-refractivity contribution is -0.136. The summed E-state index contributed by atoms with van der Waals surface area (Å²) in [6.45, 7) is 3.31.